The molecule has 3 aromatic heterocycles. The third-order valence-electron chi connectivity index (χ3n) is 7.41. The fraction of sp³-hybridized carbons (Fsp3) is 0.152. The van der Waals surface area contributed by atoms with Crippen LogP contribution in [0.1, 0.15) is 40.3 Å². The molecule has 2 atom stereocenters. The molecule has 0 saturated carbocycles. The molecule has 0 bridgehead atoms. The van der Waals surface area contributed by atoms with Crippen molar-refractivity contribution in [3.05, 3.63) is 144 Å². The van der Waals surface area contributed by atoms with Crippen LogP contribution in [0.3, 0.4) is 0 Å². The maximum atomic E-state index is 13.2. The molecule has 0 radical (unpaired) electrons. The Hall–Kier alpha value is -5.04. The van der Waals surface area contributed by atoms with E-state index in [1.807, 2.05) is 91.1 Å². The van der Waals surface area contributed by atoms with Crippen molar-refractivity contribution >= 4 is 16.8 Å². The summed E-state index contributed by atoms with van der Waals surface area (Å²) < 4.78 is 2.10. The van der Waals surface area contributed by atoms with Gasteiger partial charge in [0.1, 0.15) is 11.6 Å². The first kappa shape index (κ1) is 25.2. The standard InChI is InChI=1S/C33H30N6O/c34-32(40)31(29-17-9-10-20-35-29)27(21-24-22-36-28-16-8-7-15-26(24)28)33-38-37-30(19-18-23-11-3-1-4-12-23)39(33)25-13-5-2-6-14-25/h1-17,20,22,27,31,36H,18-19,21H2,(H2,34,40). The highest BCUT2D eigenvalue weighted by Crippen LogP contribution is 2.37. The molecule has 3 heterocycles. The highest BCUT2D eigenvalue weighted by molar-refractivity contribution is 5.85. The number of aromatic amines is 1. The van der Waals surface area contributed by atoms with Gasteiger partial charge in [0.2, 0.25) is 5.91 Å². The van der Waals surface area contributed by atoms with Crippen molar-refractivity contribution in [1.29, 1.82) is 0 Å². The lowest BCUT2D eigenvalue weighted by Gasteiger charge is -2.25. The van der Waals surface area contributed by atoms with Gasteiger partial charge in [-0.05, 0) is 54.3 Å². The van der Waals surface area contributed by atoms with Crippen LogP contribution in [-0.4, -0.2) is 30.6 Å². The van der Waals surface area contributed by atoms with E-state index in [4.69, 9.17) is 10.8 Å². The lowest BCUT2D eigenvalue weighted by atomic mass is 9.82. The number of nitrogens with two attached hydrogens (primary N) is 1. The van der Waals surface area contributed by atoms with Crippen molar-refractivity contribution in [2.45, 2.75) is 31.1 Å². The van der Waals surface area contributed by atoms with Crippen LogP contribution in [0.15, 0.2) is 116 Å². The highest BCUT2D eigenvalue weighted by atomic mass is 16.1. The predicted octanol–water partition coefficient (Wildman–Crippen LogP) is 5.52. The van der Waals surface area contributed by atoms with E-state index in [0.717, 1.165) is 34.4 Å². The number of amides is 1. The van der Waals surface area contributed by atoms with Gasteiger partial charge >= 0.3 is 0 Å². The number of rotatable bonds is 10. The van der Waals surface area contributed by atoms with Crippen molar-refractivity contribution < 1.29 is 4.79 Å². The minimum Gasteiger partial charge on any atom is -0.369 e. The molecule has 3 aromatic carbocycles. The maximum Gasteiger partial charge on any atom is 0.227 e. The molecule has 7 nitrogen and oxygen atoms in total. The molecule has 0 aliphatic carbocycles. The fourth-order valence-electron chi connectivity index (χ4n) is 5.50. The average molecular weight is 527 g/mol. The Labute approximate surface area is 232 Å². The van der Waals surface area contributed by atoms with E-state index < -0.39 is 17.7 Å². The number of primary amides is 1. The summed E-state index contributed by atoms with van der Waals surface area (Å²) in [5.41, 5.74) is 11.0. The number of aromatic nitrogens is 5. The van der Waals surface area contributed by atoms with Crippen molar-refractivity contribution in [2.75, 3.05) is 0 Å². The molecular formula is C33H30N6O. The normalized spacial score (nSPS) is 12.8. The largest absolute Gasteiger partial charge is 0.369 e. The molecule has 6 rings (SSSR count). The fourth-order valence-corrected chi connectivity index (χ4v) is 5.50. The van der Waals surface area contributed by atoms with Crippen LogP contribution in [0.25, 0.3) is 16.6 Å². The molecule has 6 aromatic rings. The van der Waals surface area contributed by atoms with Gasteiger partial charge in [-0.2, -0.15) is 0 Å². The predicted molar refractivity (Wildman–Crippen MR) is 156 cm³/mol. The Bertz CT molecular complexity index is 1710. The Balaban J connectivity index is 1.49. The number of nitrogens with zero attached hydrogens (tertiary/aromatic N) is 4. The zero-order valence-corrected chi connectivity index (χ0v) is 22.0. The molecule has 198 valence electrons. The van der Waals surface area contributed by atoms with Gasteiger partial charge in [-0.3, -0.25) is 14.3 Å². The monoisotopic (exact) mass is 526 g/mol. The summed E-state index contributed by atoms with van der Waals surface area (Å²) >= 11 is 0. The van der Waals surface area contributed by atoms with Crippen molar-refractivity contribution in [3.8, 4) is 5.69 Å². The third-order valence-corrected chi connectivity index (χ3v) is 7.41. The molecule has 3 N–H and O–H groups in total. The summed E-state index contributed by atoms with van der Waals surface area (Å²) in [5.74, 6) is -0.0440. The van der Waals surface area contributed by atoms with Crippen LogP contribution in [0, 0.1) is 0 Å². The Morgan fingerprint density at radius 3 is 2.30 bits per heavy atom. The summed E-state index contributed by atoms with van der Waals surface area (Å²) in [7, 11) is 0. The summed E-state index contributed by atoms with van der Waals surface area (Å²) in [6, 6.07) is 34.2. The number of aryl methyl sites for hydroxylation is 2. The number of carbonyl (C=O) groups is 1. The number of nitrogens with one attached hydrogen (secondary N) is 1. The second-order valence-corrected chi connectivity index (χ2v) is 9.94. The molecule has 2 unspecified atom stereocenters. The van der Waals surface area contributed by atoms with E-state index in [2.05, 4.69) is 37.8 Å². The first-order valence-corrected chi connectivity index (χ1v) is 13.5. The Kier molecular flexibility index (Phi) is 7.18. The highest BCUT2D eigenvalue weighted by Gasteiger charge is 2.36. The van der Waals surface area contributed by atoms with E-state index in [9.17, 15) is 4.79 Å². The van der Waals surface area contributed by atoms with Crippen LogP contribution in [0.5, 0.6) is 0 Å². The van der Waals surface area contributed by atoms with Crippen molar-refractivity contribution in [2.24, 2.45) is 5.73 Å². The molecule has 0 fully saturated rings. The summed E-state index contributed by atoms with van der Waals surface area (Å²) in [4.78, 5) is 21.1. The van der Waals surface area contributed by atoms with Crippen LogP contribution in [0.2, 0.25) is 0 Å². The second kappa shape index (κ2) is 11.4. The summed E-state index contributed by atoms with van der Waals surface area (Å²) in [5, 5.41) is 10.6. The van der Waals surface area contributed by atoms with Gasteiger partial charge in [0, 0.05) is 41.3 Å². The SMILES string of the molecule is NC(=O)C(c1ccccn1)C(Cc1c[nH]c2ccccc12)c1nnc(CCc2ccccc2)n1-c1ccccc1. The van der Waals surface area contributed by atoms with Crippen molar-refractivity contribution in [3.63, 3.8) is 0 Å². The average Bonchev–Trinajstić information content (AvgIpc) is 3.61. The lowest BCUT2D eigenvalue weighted by Crippen LogP contribution is -2.30. The van der Waals surface area contributed by atoms with Gasteiger partial charge in [0.05, 0.1) is 11.6 Å². The number of benzene rings is 3. The zero-order chi connectivity index (χ0) is 27.3. The number of pyridine rings is 1. The number of H-pyrrole nitrogens is 1. The van der Waals surface area contributed by atoms with Gasteiger partial charge < -0.3 is 10.7 Å². The third kappa shape index (κ3) is 5.14. The van der Waals surface area contributed by atoms with Gasteiger partial charge in [0.25, 0.3) is 0 Å². The first-order chi connectivity index (χ1) is 19.7. The number of hydrogen-bond acceptors (Lipinski definition) is 4. The van der Waals surface area contributed by atoms with E-state index in [1.165, 1.54) is 5.56 Å². The topological polar surface area (TPSA) is 102 Å². The molecule has 7 heteroatoms. The minimum absolute atomic E-state index is 0.412. The number of carbonyl (C=O) groups excluding carboxylic acids is 1. The molecule has 1 amide bonds. The Morgan fingerprint density at radius 1 is 0.825 bits per heavy atom. The van der Waals surface area contributed by atoms with Crippen molar-refractivity contribution in [1.82, 2.24) is 24.7 Å². The Morgan fingerprint density at radius 2 is 1.55 bits per heavy atom. The van der Waals surface area contributed by atoms with Gasteiger partial charge in [-0.1, -0.05) is 72.8 Å². The number of hydrogen-bond donors (Lipinski definition) is 2. The lowest BCUT2D eigenvalue weighted by molar-refractivity contribution is -0.120. The first-order valence-electron chi connectivity index (χ1n) is 13.5. The smallest absolute Gasteiger partial charge is 0.227 e. The van der Waals surface area contributed by atoms with E-state index in [1.54, 1.807) is 6.20 Å². The molecular weight excluding hydrogens is 496 g/mol. The van der Waals surface area contributed by atoms with Crippen LogP contribution in [0.4, 0.5) is 0 Å². The van der Waals surface area contributed by atoms with Gasteiger partial charge in [0.15, 0.2) is 0 Å². The molecule has 0 aliphatic heterocycles. The van der Waals surface area contributed by atoms with Crippen LogP contribution >= 0.6 is 0 Å². The second-order valence-electron chi connectivity index (χ2n) is 9.94. The molecule has 0 saturated heterocycles. The molecule has 0 aliphatic rings. The maximum absolute atomic E-state index is 13.2. The zero-order valence-electron chi connectivity index (χ0n) is 22.0. The van der Waals surface area contributed by atoms with E-state index in [0.29, 0.717) is 24.4 Å². The quantitative estimate of drug-likeness (QED) is 0.245. The van der Waals surface area contributed by atoms with E-state index in [-0.39, 0.29) is 0 Å². The molecule has 0 spiro atoms. The molecule has 40 heavy (non-hydrogen) atoms. The van der Waals surface area contributed by atoms with Gasteiger partial charge in [-0.25, -0.2) is 0 Å². The summed E-state index contributed by atoms with van der Waals surface area (Å²) in [6.45, 7) is 0. The van der Waals surface area contributed by atoms with Crippen LogP contribution in [-0.2, 0) is 24.1 Å². The summed E-state index contributed by atoms with van der Waals surface area (Å²) in [6.07, 6.45) is 5.74. The van der Waals surface area contributed by atoms with E-state index >= 15 is 0 Å². The minimum atomic E-state index is -0.705. The number of para-hydroxylation sites is 2. The van der Waals surface area contributed by atoms with Crippen LogP contribution < -0.4 is 5.73 Å². The number of fused-ring (bicyclic) bond motifs is 1. The van der Waals surface area contributed by atoms with Gasteiger partial charge in [-0.15, -0.1) is 10.2 Å².